The van der Waals surface area contributed by atoms with Gasteiger partial charge in [0.15, 0.2) is 0 Å². The van der Waals surface area contributed by atoms with Crippen LogP contribution in [0.15, 0.2) is 61.1 Å². The number of anilines is 1. The quantitative estimate of drug-likeness (QED) is 0.551. The number of hydrogen-bond acceptors (Lipinski definition) is 5. The molecule has 2 aromatic carbocycles. The summed E-state index contributed by atoms with van der Waals surface area (Å²) in [6, 6.07) is 9.51. The highest BCUT2D eigenvalue weighted by atomic mass is 19.1. The highest BCUT2D eigenvalue weighted by molar-refractivity contribution is 5.94. The van der Waals surface area contributed by atoms with Crippen molar-refractivity contribution >= 4 is 17.5 Å². The zero-order valence-electron chi connectivity index (χ0n) is 15.8. The molecule has 0 aliphatic heterocycles. The summed E-state index contributed by atoms with van der Waals surface area (Å²) in [6.45, 7) is 0.166. The molecule has 0 unspecified atom stereocenters. The lowest BCUT2D eigenvalue weighted by Crippen LogP contribution is -2.26. The minimum Gasteiger partial charge on any atom is -0.437 e. The van der Waals surface area contributed by atoms with Crippen molar-refractivity contribution in [3.63, 3.8) is 0 Å². The number of aromatic nitrogens is 2. The summed E-state index contributed by atoms with van der Waals surface area (Å²) in [5.74, 6) is -1.80. The van der Waals surface area contributed by atoms with Crippen molar-refractivity contribution in [2.24, 2.45) is 0 Å². The van der Waals surface area contributed by atoms with Gasteiger partial charge in [0, 0.05) is 43.2 Å². The maximum Gasteiger partial charge on any atom is 0.254 e. The zero-order chi connectivity index (χ0) is 21.3. The summed E-state index contributed by atoms with van der Waals surface area (Å²) < 4.78 is 32.0. The van der Waals surface area contributed by atoms with Crippen LogP contribution in [0.4, 0.5) is 14.5 Å². The van der Waals surface area contributed by atoms with Gasteiger partial charge in [-0.15, -0.1) is 0 Å². The van der Waals surface area contributed by atoms with E-state index < -0.39 is 17.5 Å². The minimum atomic E-state index is -0.936. The summed E-state index contributed by atoms with van der Waals surface area (Å²) in [5.41, 5.74) is 0.291. The fraction of sp³-hybridized carbons (Fsp3) is 0.143. The molecule has 1 aromatic heterocycles. The van der Waals surface area contributed by atoms with E-state index in [2.05, 4.69) is 20.6 Å². The van der Waals surface area contributed by atoms with Crippen LogP contribution in [0.1, 0.15) is 23.2 Å². The molecule has 3 aromatic rings. The predicted molar refractivity (Wildman–Crippen MR) is 105 cm³/mol. The van der Waals surface area contributed by atoms with E-state index in [9.17, 15) is 18.4 Å². The second kappa shape index (κ2) is 10.1. The number of amides is 2. The first-order valence-electron chi connectivity index (χ1n) is 9.08. The van der Waals surface area contributed by atoms with Crippen molar-refractivity contribution in [1.82, 2.24) is 15.3 Å². The molecule has 0 aliphatic carbocycles. The molecule has 0 radical (unpaired) electrons. The predicted octanol–water partition coefficient (Wildman–Crippen LogP) is 3.70. The summed E-state index contributed by atoms with van der Waals surface area (Å²) in [4.78, 5) is 31.9. The van der Waals surface area contributed by atoms with Gasteiger partial charge in [0.05, 0.1) is 11.8 Å². The first kappa shape index (κ1) is 20.8. The van der Waals surface area contributed by atoms with Gasteiger partial charge in [0.2, 0.25) is 11.8 Å². The Kier molecular flexibility index (Phi) is 6.99. The van der Waals surface area contributed by atoms with Crippen LogP contribution in [0.25, 0.3) is 0 Å². The second-order valence-electron chi connectivity index (χ2n) is 6.21. The normalized spacial score (nSPS) is 10.3. The molecule has 2 N–H and O–H groups in total. The largest absolute Gasteiger partial charge is 0.437 e. The Morgan fingerprint density at radius 1 is 1.07 bits per heavy atom. The Hall–Kier alpha value is -3.88. The van der Waals surface area contributed by atoms with Gasteiger partial charge in [-0.2, -0.15) is 0 Å². The molecular formula is C21H18F2N4O3. The van der Waals surface area contributed by atoms with E-state index in [1.807, 2.05) is 0 Å². The number of ether oxygens (including phenoxy) is 1. The zero-order valence-corrected chi connectivity index (χ0v) is 15.8. The van der Waals surface area contributed by atoms with Crippen molar-refractivity contribution in [1.29, 1.82) is 0 Å². The summed E-state index contributed by atoms with van der Waals surface area (Å²) in [7, 11) is 0. The molecular weight excluding hydrogens is 394 g/mol. The molecule has 0 saturated carbocycles. The number of nitrogens with one attached hydrogen (secondary N) is 2. The molecule has 0 aliphatic rings. The minimum absolute atomic E-state index is 0.140. The van der Waals surface area contributed by atoms with Crippen molar-refractivity contribution < 1.29 is 23.1 Å². The van der Waals surface area contributed by atoms with Crippen LogP contribution in [0, 0.1) is 11.6 Å². The van der Waals surface area contributed by atoms with Gasteiger partial charge in [-0.25, -0.2) is 13.8 Å². The Morgan fingerprint density at radius 3 is 2.70 bits per heavy atom. The van der Waals surface area contributed by atoms with E-state index >= 15 is 0 Å². The molecule has 9 heteroatoms. The molecule has 0 fully saturated rings. The van der Waals surface area contributed by atoms with Crippen molar-refractivity contribution in [3.8, 4) is 11.6 Å². The van der Waals surface area contributed by atoms with Gasteiger partial charge in [-0.05, 0) is 30.7 Å². The van der Waals surface area contributed by atoms with Crippen LogP contribution in [-0.2, 0) is 4.79 Å². The first-order chi connectivity index (χ1) is 14.5. The lowest BCUT2D eigenvalue weighted by molar-refractivity contribution is -0.116. The molecule has 0 saturated heterocycles. The Morgan fingerprint density at radius 2 is 1.93 bits per heavy atom. The maximum absolute atomic E-state index is 13.6. The van der Waals surface area contributed by atoms with Gasteiger partial charge >= 0.3 is 0 Å². The van der Waals surface area contributed by atoms with Crippen LogP contribution in [0.5, 0.6) is 11.6 Å². The van der Waals surface area contributed by atoms with Crippen LogP contribution in [0.2, 0.25) is 0 Å². The third-order valence-corrected chi connectivity index (χ3v) is 3.92. The number of nitrogens with zero attached hydrogens (tertiary/aromatic N) is 2. The third kappa shape index (κ3) is 6.06. The van der Waals surface area contributed by atoms with E-state index in [0.29, 0.717) is 29.8 Å². The smallest absolute Gasteiger partial charge is 0.254 e. The van der Waals surface area contributed by atoms with Crippen LogP contribution in [-0.4, -0.2) is 28.3 Å². The fourth-order valence-electron chi connectivity index (χ4n) is 2.54. The second-order valence-corrected chi connectivity index (χ2v) is 6.21. The highest BCUT2D eigenvalue weighted by Gasteiger charge is 2.12. The monoisotopic (exact) mass is 412 g/mol. The van der Waals surface area contributed by atoms with E-state index in [0.717, 1.165) is 12.1 Å². The van der Waals surface area contributed by atoms with Crippen molar-refractivity contribution in [2.45, 2.75) is 12.8 Å². The average Bonchev–Trinajstić information content (AvgIpc) is 2.72. The van der Waals surface area contributed by atoms with E-state index in [4.69, 9.17) is 4.74 Å². The highest BCUT2D eigenvalue weighted by Crippen LogP contribution is 2.22. The van der Waals surface area contributed by atoms with Gasteiger partial charge in [-0.1, -0.05) is 6.07 Å². The van der Waals surface area contributed by atoms with Crippen molar-refractivity contribution in [3.05, 3.63) is 78.3 Å². The SMILES string of the molecule is O=C(CCCNC(=O)c1ccc(F)cc1F)Nc1cccc(Oc2cnccn2)c1. The lowest BCUT2D eigenvalue weighted by Gasteiger charge is -2.09. The standard InChI is InChI=1S/C21H18F2N4O3/c22-14-6-7-17(18(23)11-14)21(29)26-8-2-5-19(28)27-15-3-1-4-16(12-15)30-20-13-24-9-10-25-20/h1,3-4,6-7,9-13H,2,5,8H2,(H,26,29)(H,27,28). The summed E-state index contributed by atoms with van der Waals surface area (Å²) in [6.07, 6.45) is 4.99. The number of rotatable bonds is 8. The van der Waals surface area contributed by atoms with E-state index in [-0.39, 0.29) is 24.4 Å². The van der Waals surface area contributed by atoms with Gasteiger partial charge in [0.1, 0.15) is 17.4 Å². The Balaban J connectivity index is 1.43. The van der Waals surface area contributed by atoms with Crippen LogP contribution < -0.4 is 15.4 Å². The number of benzene rings is 2. The Labute approximate surface area is 171 Å². The van der Waals surface area contributed by atoms with Gasteiger partial charge < -0.3 is 15.4 Å². The maximum atomic E-state index is 13.6. The number of carbonyl (C=O) groups excluding carboxylic acids is 2. The summed E-state index contributed by atoms with van der Waals surface area (Å²) >= 11 is 0. The number of hydrogen-bond donors (Lipinski definition) is 2. The molecule has 2 amide bonds. The molecule has 30 heavy (non-hydrogen) atoms. The third-order valence-electron chi connectivity index (χ3n) is 3.92. The van der Waals surface area contributed by atoms with Crippen LogP contribution in [0.3, 0.4) is 0 Å². The number of carbonyl (C=O) groups is 2. The molecule has 7 nitrogen and oxygen atoms in total. The number of halogens is 2. The Bertz CT molecular complexity index is 1030. The average molecular weight is 412 g/mol. The van der Waals surface area contributed by atoms with E-state index in [1.165, 1.54) is 18.6 Å². The molecule has 1 heterocycles. The summed E-state index contributed by atoms with van der Waals surface area (Å²) in [5, 5.41) is 5.23. The lowest BCUT2D eigenvalue weighted by atomic mass is 10.2. The molecule has 3 rings (SSSR count). The molecule has 0 bridgehead atoms. The molecule has 0 spiro atoms. The molecule has 154 valence electrons. The van der Waals surface area contributed by atoms with E-state index in [1.54, 1.807) is 24.3 Å². The van der Waals surface area contributed by atoms with Gasteiger partial charge in [-0.3, -0.25) is 14.6 Å². The topological polar surface area (TPSA) is 93.2 Å². The molecule has 0 atom stereocenters. The fourth-order valence-corrected chi connectivity index (χ4v) is 2.54. The van der Waals surface area contributed by atoms with Gasteiger partial charge in [0.25, 0.3) is 5.91 Å². The van der Waals surface area contributed by atoms with Crippen LogP contribution >= 0.6 is 0 Å². The van der Waals surface area contributed by atoms with Crippen molar-refractivity contribution in [2.75, 3.05) is 11.9 Å². The first-order valence-corrected chi connectivity index (χ1v) is 9.08.